The van der Waals surface area contributed by atoms with Crippen LogP contribution in [-0.4, -0.2) is 37.3 Å². The average molecular weight is 465 g/mol. The summed E-state index contributed by atoms with van der Waals surface area (Å²) in [5, 5.41) is 12.5. The van der Waals surface area contributed by atoms with Crippen molar-refractivity contribution in [2.45, 2.75) is 19.8 Å². The Bertz CT molecular complexity index is 1130. The number of carbonyl (C=O) groups excluding carboxylic acids is 1. The summed E-state index contributed by atoms with van der Waals surface area (Å²) in [5.74, 6) is -0.244. The van der Waals surface area contributed by atoms with Crippen LogP contribution >= 0.6 is 22.9 Å². The van der Waals surface area contributed by atoms with Crippen LogP contribution in [0.15, 0.2) is 48.5 Å². The molecule has 1 heterocycles. The molecule has 2 aromatic carbocycles. The molecule has 0 saturated carbocycles. The molecule has 0 spiro atoms. The third-order valence-corrected chi connectivity index (χ3v) is 6.55. The van der Waals surface area contributed by atoms with Crippen molar-refractivity contribution < 1.29 is 13.2 Å². The van der Waals surface area contributed by atoms with Crippen LogP contribution < -0.4 is 9.62 Å². The van der Waals surface area contributed by atoms with Crippen LogP contribution in [0.3, 0.4) is 0 Å². The highest BCUT2D eigenvalue weighted by molar-refractivity contribution is 7.92. The predicted molar refractivity (Wildman–Crippen MR) is 122 cm³/mol. The van der Waals surface area contributed by atoms with Gasteiger partial charge in [0.1, 0.15) is 5.01 Å². The molecular formula is C20H21ClN4O3S2. The second-order valence-electron chi connectivity index (χ2n) is 6.75. The molecule has 0 saturated heterocycles. The summed E-state index contributed by atoms with van der Waals surface area (Å²) < 4.78 is 25.7. The molecule has 3 rings (SSSR count). The van der Waals surface area contributed by atoms with Gasteiger partial charge < -0.3 is 5.32 Å². The summed E-state index contributed by atoms with van der Waals surface area (Å²) in [6, 6.07) is 14.4. The summed E-state index contributed by atoms with van der Waals surface area (Å²) in [7, 11) is -3.45. The van der Waals surface area contributed by atoms with Gasteiger partial charge in [0.05, 0.1) is 11.9 Å². The maximum Gasteiger partial charge on any atom is 0.232 e. The molecular weight excluding hydrogens is 444 g/mol. The maximum atomic E-state index is 12.3. The van der Waals surface area contributed by atoms with E-state index in [1.807, 2.05) is 31.2 Å². The quantitative estimate of drug-likeness (QED) is 0.535. The zero-order valence-electron chi connectivity index (χ0n) is 16.5. The van der Waals surface area contributed by atoms with E-state index in [1.165, 1.54) is 15.6 Å². The summed E-state index contributed by atoms with van der Waals surface area (Å²) in [4.78, 5) is 12.3. The van der Waals surface area contributed by atoms with Gasteiger partial charge in [0.15, 0.2) is 0 Å². The largest absolute Gasteiger partial charge is 0.301 e. The smallest absolute Gasteiger partial charge is 0.232 e. The number of nitrogens with zero attached hydrogens (tertiary/aromatic N) is 3. The van der Waals surface area contributed by atoms with Crippen LogP contribution in [0.1, 0.15) is 18.4 Å². The highest BCUT2D eigenvalue weighted by Crippen LogP contribution is 2.27. The molecule has 0 aliphatic heterocycles. The van der Waals surface area contributed by atoms with E-state index in [9.17, 15) is 13.2 Å². The van der Waals surface area contributed by atoms with Crippen molar-refractivity contribution in [1.82, 2.24) is 10.2 Å². The van der Waals surface area contributed by atoms with Crippen molar-refractivity contribution >= 4 is 49.7 Å². The zero-order chi connectivity index (χ0) is 21.7. The van der Waals surface area contributed by atoms with E-state index >= 15 is 0 Å². The highest BCUT2D eigenvalue weighted by Gasteiger charge is 2.18. The molecule has 0 radical (unpaired) electrons. The predicted octanol–water partition coefficient (Wildman–Crippen LogP) is 4.35. The van der Waals surface area contributed by atoms with Gasteiger partial charge >= 0.3 is 0 Å². The minimum Gasteiger partial charge on any atom is -0.301 e. The fourth-order valence-electron chi connectivity index (χ4n) is 2.82. The first-order valence-corrected chi connectivity index (χ1v) is 12.2. The number of amides is 1. The van der Waals surface area contributed by atoms with Gasteiger partial charge in [0, 0.05) is 23.6 Å². The molecule has 1 aromatic heterocycles. The number of benzene rings is 2. The highest BCUT2D eigenvalue weighted by atomic mass is 35.5. The van der Waals surface area contributed by atoms with Gasteiger partial charge in [-0.3, -0.25) is 9.10 Å². The lowest BCUT2D eigenvalue weighted by molar-refractivity contribution is -0.116. The number of hydrogen-bond donors (Lipinski definition) is 1. The third-order valence-electron chi connectivity index (χ3n) is 4.22. The van der Waals surface area contributed by atoms with Crippen LogP contribution in [0.5, 0.6) is 0 Å². The normalized spacial score (nSPS) is 11.3. The fraction of sp³-hybridized carbons (Fsp3) is 0.250. The monoisotopic (exact) mass is 464 g/mol. The van der Waals surface area contributed by atoms with E-state index in [-0.39, 0.29) is 18.9 Å². The van der Waals surface area contributed by atoms with Crippen LogP contribution in [0, 0.1) is 6.92 Å². The first-order chi connectivity index (χ1) is 14.2. The van der Waals surface area contributed by atoms with Crippen molar-refractivity contribution in [3.05, 3.63) is 59.1 Å². The maximum absolute atomic E-state index is 12.3. The number of carbonyl (C=O) groups is 1. The Morgan fingerprint density at radius 2 is 1.90 bits per heavy atom. The molecule has 7 nitrogen and oxygen atoms in total. The van der Waals surface area contributed by atoms with Gasteiger partial charge in [-0.05, 0) is 43.2 Å². The molecule has 10 heteroatoms. The van der Waals surface area contributed by atoms with E-state index < -0.39 is 10.0 Å². The molecule has 0 fully saturated rings. The summed E-state index contributed by atoms with van der Waals surface area (Å²) in [6.07, 6.45) is 1.69. The van der Waals surface area contributed by atoms with E-state index in [4.69, 9.17) is 11.6 Å². The minimum absolute atomic E-state index is 0.160. The molecule has 158 valence electrons. The van der Waals surface area contributed by atoms with Gasteiger partial charge in [-0.15, -0.1) is 10.2 Å². The Kier molecular flexibility index (Phi) is 7.06. The van der Waals surface area contributed by atoms with Crippen LogP contribution in [-0.2, 0) is 14.8 Å². The number of hydrogen-bond acceptors (Lipinski definition) is 6. The first-order valence-electron chi connectivity index (χ1n) is 9.16. The first kappa shape index (κ1) is 22.2. The lowest BCUT2D eigenvalue weighted by atomic mass is 10.2. The molecule has 1 N–H and O–H groups in total. The lowest BCUT2D eigenvalue weighted by Crippen LogP contribution is -2.31. The summed E-state index contributed by atoms with van der Waals surface area (Å²) in [5.41, 5.74) is 2.42. The van der Waals surface area contributed by atoms with Gasteiger partial charge in [-0.2, -0.15) is 0 Å². The van der Waals surface area contributed by atoms with Crippen LogP contribution in [0.25, 0.3) is 10.6 Å². The molecule has 3 aromatic rings. The van der Waals surface area contributed by atoms with Gasteiger partial charge in [-0.25, -0.2) is 8.42 Å². The number of nitrogens with one attached hydrogen (secondary N) is 1. The number of sulfonamides is 1. The fourth-order valence-corrected chi connectivity index (χ4v) is 4.67. The van der Waals surface area contributed by atoms with Crippen molar-refractivity contribution in [1.29, 1.82) is 0 Å². The van der Waals surface area contributed by atoms with Crippen LogP contribution in [0.4, 0.5) is 10.8 Å². The Morgan fingerprint density at radius 3 is 2.57 bits per heavy atom. The molecule has 1 amide bonds. The zero-order valence-corrected chi connectivity index (χ0v) is 18.9. The molecule has 0 atom stereocenters. The second kappa shape index (κ2) is 9.55. The molecule has 0 bridgehead atoms. The standard InChI is InChI=1S/C20H21ClN4O3S2/c1-14-5-3-6-17(13-14)25(30(2,27)28)12-4-7-18(26)22-20-24-23-19(29-20)15-8-10-16(21)11-9-15/h3,5-6,8-11,13H,4,7,12H2,1-2H3,(H,22,24,26). The van der Waals surface area contributed by atoms with E-state index in [1.54, 1.807) is 24.3 Å². The SMILES string of the molecule is Cc1cccc(N(CCCC(=O)Nc2nnc(-c3ccc(Cl)cc3)s2)S(C)(=O)=O)c1. The van der Waals surface area contributed by atoms with Gasteiger partial charge in [0.2, 0.25) is 21.1 Å². The van der Waals surface area contributed by atoms with Gasteiger partial charge in [0.25, 0.3) is 0 Å². The van der Waals surface area contributed by atoms with Gasteiger partial charge in [-0.1, -0.05) is 47.2 Å². The number of aromatic nitrogens is 2. The Morgan fingerprint density at radius 1 is 1.17 bits per heavy atom. The second-order valence-corrected chi connectivity index (χ2v) is 10.1. The summed E-state index contributed by atoms with van der Waals surface area (Å²) in [6.45, 7) is 2.11. The lowest BCUT2D eigenvalue weighted by Gasteiger charge is -2.22. The Hall–Kier alpha value is -2.49. The van der Waals surface area contributed by atoms with E-state index in [2.05, 4.69) is 15.5 Å². The summed E-state index contributed by atoms with van der Waals surface area (Å²) >= 11 is 7.15. The Balaban J connectivity index is 1.57. The molecule has 30 heavy (non-hydrogen) atoms. The topological polar surface area (TPSA) is 92.3 Å². The molecule has 0 unspecified atom stereocenters. The van der Waals surface area contributed by atoms with Crippen molar-refractivity contribution in [3.8, 4) is 10.6 Å². The van der Waals surface area contributed by atoms with E-state index in [0.717, 1.165) is 17.4 Å². The number of halogens is 1. The third kappa shape index (κ3) is 6.01. The molecule has 0 aliphatic rings. The number of rotatable bonds is 8. The van der Waals surface area contributed by atoms with Crippen molar-refractivity contribution in [2.75, 3.05) is 22.4 Å². The average Bonchev–Trinajstić information content (AvgIpc) is 3.13. The molecule has 0 aliphatic carbocycles. The van der Waals surface area contributed by atoms with Crippen LogP contribution in [0.2, 0.25) is 5.02 Å². The van der Waals surface area contributed by atoms with E-state index in [0.29, 0.717) is 27.3 Å². The van der Waals surface area contributed by atoms with Crippen molar-refractivity contribution in [2.24, 2.45) is 0 Å². The number of aryl methyl sites for hydroxylation is 1. The Labute approximate surface area is 184 Å². The van der Waals surface area contributed by atoms with Crippen molar-refractivity contribution in [3.63, 3.8) is 0 Å². The number of anilines is 2. The minimum atomic E-state index is -3.45.